The molecule has 0 saturated carbocycles. The van der Waals surface area contributed by atoms with Crippen LogP contribution in [-0.4, -0.2) is 21.4 Å². The number of rotatable bonds is 4. The first-order valence-corrected chi connectivity index (χ1v) is 9.19. The number of benzene rings is 2. The molecule has 0 spiro atoms. The first-order chi connectivity index (χ1) is 14.4. The Morgan fingerprint density at radius 2 is 1.87 bits per heavy atom. The van der Waals surface area contributed by atoms with Crippen LogP contribution in [0.25, 0.3) is 0 Å². The molecule has 9 heteroatoms. The van der Waals surface area contributed by atoms with E-state index in [1.807, 2.05) is 6.07 Å². The number of aromatic amines is 1. The summed E-state index contributed by atoms with van der Waals surface area (Å²) < 4.78 is 14.6. The number of nitrogens with one attached hydrogen (secondary N) is 3. The van der Waals surface area contributed by atoms with Crippen molar-refractivity contribution in [1.82, 2.24) is 9.55 Å². The van der Waals surface area contributed by atoms with Crippen molar-refractivity contribution in [3.05, 3.63) is 92.4 Å². The lowest BCUT2D eigenvalue weighted by atomic mass is 9.92. The highest BCUT2D eigenvalue weighted by Crippen LogP contribution is 2.30. The van der Waals surface area contributed by atoms with Gasteiger partial charge in [0.25, 0.3) is 5.56 Å². The van der Waals surface area contributed by atoms with Crippen LogP contribution in [0, 0.1) is 5.82 Å². The molecule has 0 bridgehead atoms. The minimum atomic E-state index is -1.14. The first kappa shape index (κ1) is 19.3. The maximum Gasteiger partial charge on any atom is 0.330 e. The third kappa shape index (κ3) is 3.77. The van der Waals surface area contributed by atoms with Gasteiger partial charge in [0, 0.05) is 12.1 Å². The van der Waals surface area contributed by atoms with E-state index in [2.05, 4.69) is 15.6 Å². The van der Waals surface area contributed by atoms with Gasteiger partial charge < -0.3 is 10.6 Å². The Kier molecular flexibility index (Phi) is 5.01. The second-order valence-corrected chi connectivity index (χ2v) is 6.90. The van der Waals surface area contributed by atoms with E-state index in [1.54, 1.807) is 24.3 Å². The standard InChI is InChI=1S/C21H17FN4O4/c22-13-7-4-8-14(9-13)23-19(28)15-10-16(27)24-18-17(15)20(29)25-21(30)26(18)11-12-5-2-1-3-6-12/h1-9,15H,10-11H2,(H,23,28)(H,24,27)(H,25,29,30). The molecule has 3 N–H and O–H groups in total. The quantitative estimate of drug-likeness (QED) is 0.611. The highest BCUT2D eigenvalue weighted by atomic mass is 19.1. The molecular weight excluding hydrogens is 391 g/mol. The Labute approximate surface area is 169 Å². The number of H-pyrrole nitrogens is 1. The lowest BCUT2D eigenvalue weighted by Crippen LogP contribution is -2.42. The molecule has 0 fully saturated rings. The van der Waals surface area contributed by atoms with Crippen LogP contribution in [0.1, 0.15) is 23.5 Å². The van der Waals surface area contributed by atoms with Crippen molar-refractivity contribution in [1.29, 1.82) is 0 Å². The van der Waals surface area contributed by atoms with E-state index < -0.39 is 34.8 Å². The monoisotopic (exact) mass is 408 g/mol. The summed E-state index contributed by atoms with van der Waals surface area (Å²) >= 11 is 0. The number of fused-ring (bicyclic) bond motifs is 1. The Morgan fingerprint density at radius 3 is 2.60 bits per heavy atom. The van der Waals surface area contributed by atoms with E-state index in [0.717, 1.165) is 11.6 Å². The summed E-state index contributed by atoms with van der Waals surface area (Å²) in [6, 6.07) is 14.3. The summed E-state index contributed by atoms with van der Waals surface area (Å²) in [5.74, 6) is -2.84. The van der Waals surface area contributed by atoms with Gasteiger partial charge in [-0.3, -0.25) is 23.9 Å². The van der Waals surface area contributed by atoms with E-state index in [9.17, 15) is 23.6 Å². The number of amides is 2. The maximum atomic E-state index is 13.4. The van der Waals surface area contributed by atoms with Gasteiger partial charge >= 0.3 is 5.69 Å². The fraction of sp³-hybridized carbons (Fsp3) is 0.143. The molecule has 152 valence electrons. The molecule has 1 unspecified atom stereocenters. The van der Waals surface area contributed by atoms with Crippen LogP contribution >= 0.6 is 0 Å². The number of hydrogen-bond donors (Lipinski definition) is 3. The average molecular weight is 408 g/mol. The molecule has 1 aliphatic heterocycles. The van der Waals surface area contributed by atoms with Crippen molar-refractivity contribution in [2.24, 2.45) is 0 Å². The molecule has 8 nitrogen and oxygen atoms in total. The summed E-state index contributed by atoms with van der Waals surface area (Å²) in [6.45, 7) is 0.0945. The number of carbonyl (C=O) groups is 2. The van der Waals surface area contributed by atoms with Gasteiger partial charge in [-0.2, -0.15) is 0 Å². The molecule has 1 atom stereocenters. The molecule has 4 rings (SSSR count). The van der Waals surface area contributed by atoms with Crippen LogP contribution in [-0.2, 0) is 16.1 Å². The second-order valence-electron chi connectivity index (χ2n) is 6.90. The van der Waals surface area contributed by atoms with Gasteiger partial charge in [-0.1, -0.05) is 36.4 Å². The molecule has 0 aliphatic carbocycles. The van der Waals surface area contributed by atoms with Crippen molar-refractivity contribution in [2.75, 3.05) is 10.6 Å². The van der Waals surface area contributed by atoms with Crippen LogP contribution in [0.4, 0.5) is 15.9 Å². The Morgan fingerprint density at radius 1 is 1.10 bits per heavy atom. The lowest BCUT2D eigenvalue weighted by Gasteiger charge is -2.26. The van der Waals surface area contributed by atoms with Crippen molar-refractivity contribution in [3.8, 4) is 0 Å². The fourth-order valence-corrected chi connectivity index (χ4v) is 3.45. The largest absolute Gasteiger partial charge is 0.330 e. The molecule has 1 aliphatic rings. The van der Waals surface area contributed by atoms with Gasteiger partial charge in [-0.25, -0.2) is 9.18 Å². The first-order valence-electron chi connectivity index (χ1n) is 9.19. The zero-order valence-corrected chi connectivity index (χ0v) is 15.6. The SMILES string of the molecule is O=C1CC(C(=O)Nc2cccc(F)c2)c2c(n(Cc3ccccc3)c(=O)[nH]c2=O)N1. The molecule has 0 radical (unpaired) electrons. The fourth-order valence-electron chi connectivity index (χ4n) is 3.45. The number of carbonyl (C=O) groups excluding carboxylic acids is 2. The Bertz CT molecular complexity index is 1250. The number of anilines is 2. The van der Waals surface area contributed by atoms with Crippen LogP contribution in [0.2, 0.25) is 0 Å². The van der Waals surface area contributed by atoms with E-state index >= 15 is 0 Å². The molecule has 1 aromatic heterocycles. The van der Waals surface area contributed by atoms with Gasteiger partial charge in [0.2, 0.25) is 11.8 Å². The highest BCUT2D eigenvalue weighted by molar-refractivity contribution is 6.04. The Hall–Kier alpha value is -4.01. The minimum absolute atomic E-state index is 0.0109. The average Bonchev–Trinajstić information content (AvgIpc) is 2.71. The van der Waals surface area contributed by atoms with Crippen molar-refractivity contribution >= 4 is 23.3 Å². The van der Waals surface area contributed by atoms with Gasteiger partial charge in [-0.05, 0) is 23.8 Å². The number of halogens is 1. The molecule has 2 amide bonds. The highest BCUT2D eigenvalue weighted by Gasteiger charge is 2.35. The molecule has 30 heavy (non-hydrogen) atoms. The molecule has 2 aromatic carbocycles. The number of nitrogens with zero attached hydrogens (tertiary/aromatic N) is 1. The van der Waals surface area contributed by atoms with Crippen molar-refractivity contribution < 1.29 is 14.0 Å². The molecule has 3 aromatic rings. The third-order valence-electron chi connectivity index (χ3n) is 4.82. The summed E-state index contributed by atoms with van der Waals surface area (Å²) in [5.41, 5.74) is -0.497. The zero-order chi connectivity index (χ0) is 21.3. The summed E-state index contributed by atoms with van der Waals surface area (Å²) in [7, 11) is 0. The topological polar surface area (TPSA) is 113 Å². The third-order valence-corrected chi connectivity index (χ3v) is 4.82. The second kappa shape index (κ2) is 7.78. The van der Waals surface area contributed by atoms with Crippen LogP contribution in [0.15, 0.2) is 64.2 Å². The van der Waals surface area contributed by atoms with Gasteiger partial charge in [0.05, 0.1) is 18.0 Å². The van der Waals surface area contributed by atoms with E-state index in [-0.39, 0.29) is 30.0 Å². The lowest BCUT2D eigenvalue weighted by molar-refractivity contribution is -0.123. The maximum absolute atomic E-state index is 13.4. The predicted octanol–water partition coefficient (Wildman–Crippen LogP) is 1.79. The van der Waals surface area contributed by atoms with Crippen LogP contribution in [0.3, 0.4) is 0 Å². The van der Waals surface area contributed by atoms with E-state index in [0.29, 0.717) is 0 Å². The van der Waals surface area contributed by atoms with Crippen LogP contribution in [0.5, 0.6) is 0 Å². The zero-order valence-electron chi connectivity index (χ0n) is 15.6. The van der Waals surface area contributed by atoms with E-state index in [4.69, 9.17) is 0 Å². The summed E-state index contributed by atoms with van der Waals surface area (Å²) in [5, 5.41) is 5.08. The normalized spacial score (nSPS) is 15.2. The van der Waals surface area contributed by atoms with Gasteiger partial charge in [-0.15, -0.1) is 0 Å². The molecular formula is C21H17FN4O4. The summed E-state index contributed by atoms with van der Waals surface area (Å²) in [6.07, 6.45) is -0.277. The minimum Gasteiger partial charge on any atom is -0.325 e. The van der Waals surface area contributed by atoms with Crippen LogP contribution < -0.4 is 21.9 Å². The molecule has 2 heterocycles. The van der Waals surface area contributed by atoms with Crippen molar-refractivity contribution in [2.45, 2.75) is 18.9 Å². The van der Waals surface area contributed by atoms with Gasteiger partial charge in [0.1, 0.15) is 11.6 Å². The Balaban J connectivity index is 1.76. The predicted molar refractivity (Wildman–Crippen MR) is 108 cm³/mol. The van der Waals surface area contributed by atoms with E-state index in [1.165, 1.54) is 22.8 Å². The smallest absolute Gasteiger partial charge is 0.325 e. The van der Waals surface area contributed by atoms with Crippen molar-refractivity contribution in [3.63, 3.8) is 0 Å². The number of hydrogen-bond acceptors (Lipinski definition) is 4. The molecule has 0 saturated heterocycles. The van der Waals surface area contributed by atoms with Gasteiger partial charge in [0.15, 0.2) is 0 Å². The summed E-state index contributed by atoms with van der Waals surface area (Å²) in [4.78, 5) is 52.4. The number of aromatic nitrogens is 2.